The fourth-order valence-corrected chi connectivity index (χ4v) is 1.46. The number of nitrogens with one attached hydrogen (secondary N) is 1. The fourth-order valence-electron chi connectivity index (χ4n) is 1.46. The highest BCUT2D eigenvalue weighted by molar-refractivity contribution is 5.87. The van der Waals surface area contributed by atoms with E-state index in [9.17, 15) is 4.79 Å². The van der Waals surface area contributed by atoms with Gasteiger partial charge in [0.05, 0.1) is 5.60 Å². The zero-order valence-electron chi connectivity index (χ0n) is 11.9. The van der Waals surface area contributed by atoms with E-state index in [-0.39, 0.29) is 18.3 Å². The Balaban J connectivity index is 0.00000324. The molecule has 3 N–H and O–H groups in total. The highest BCUT2D eigenvalue weighted by Gasteiger charge is 2.31. The van der Waals surface area contributed by atoms with Crippen molar-refractivity contribution in [3.8, 4) is 0 Å². The van der Waals surface area contributed by atoms with Gasteiger partial charge in [0.2, 0.25) is 5.91 Å². The second-order valence-electron chi connectivity index (χ2n) is 5.21. The molecule has 0 saturated carbocycles. The molecule has 0 radical (unpaired) electrons. The number of benzene rings is 1. The number of amides is 1. The van der Waals surface area contributed by atoms with Gasteiger partial charge in [0.25, 0.3) is 0 Å². The normalized spacial score (nSPS) is 14.2. The van der Waals surface area contributed by atoms with Crippen molar-refractivity contribution >= 4 is 18.3 Å². The van der Waals surface area contributed by atoms with Crippen LogP contribution in [0.25, 0.3) is 0 Å². The lowest BCUT2D eigenvalue weighted by molar-refractivity contribution is -0.127. The van der Waals surface area contributed by atoms with Gasteiger partial charge in [-0.2, -0.15) is 0 Å². The number of nitrogens with two attached hydrogens (primary N) is 1. The lowest BCUT2D eigenvalue weighted by atomic mass is 9.92. The molecule has 0 aromatic heterocycles. The van der Waals surface area contributed by atoms with Crippen molar-refractivity contribution in [2.75, 3.05) is 13.7 Å². The highest BCUT2D eigenvalue weighted by atomic mass is 35.5. The first kappa shape index (κ1) is 17.9. The maximum Gasteiger partial charge on any atom is 0.244 e. The fraction of sp³-hybridized carbons (Fsp3) is 0.500. The van der Waals surface area contributed by atoms with Crippen molar-refractivity contribution < 1.29 is 9.53 Å². The summed E-state index contributed by atoms with van der Waals surface area (Å²) in [7, 11) is 1.62. The van der Waals surface area contributed by atoms with Crippen LogP contribution < -0.4 is 11.1 Å². The number of methoxy groups -OCH3 is 1. The molecule has 1 atom stereocenters. The molecular formula is C14H23ClN2O2. The number of carbonyl (C=O) groups is 1. The topological polar surface area (TPSA) is 64.3 Å². The molecule has 1 aromatic rings. The van der Waals surface area contributed by atoms with Crippen LogP contribution in [-0.2, 0) is 15.1 Å². The van der Waals surface area contributed by atoms with E-state index in [2.05, 4.69) is 5.32 Å². The molecule has 0 saturated heterocycles. The van der Waals surface area contributed by atoms with E-state index in [1.165, 1.54) is 0 Å². The molecule has 1 aromatic carbocycles. The lowest BCUT2D eigenvalue weighted by Gasteiger charge is -2.28. The Kier molecular flexibility index (Phi) is 6.49. The monoisotopic (exact) mass is 286 g/mol. The van der Waals surface area contributed by atoms with Gasteiger partial charge in [0, 0.05) is 13.7 Å². The van der Waals surface area contributed by atoms with Gasteiger partial charge in [-0.25, -0.2) is 0 Å². The van der Waals surface area contributed by atoms with Crippen LogP contribution in [0.5, 0.6) is 0 Å². The summed E-state index contributed by atoms with van der Waals surface area (Å²) in [5.41, 5.74) is 5.45. The van der Waals surface area contributed by atoms with Crippen LogP contribution in [0.3, 0.4) is 0 Å². The summed E-state index contributed by atoms with van der Waals surface area (Å²) in [6.07, 6.45) is 0. The molecule has 0 spiro atoms. The van der Waals surface area contributed by atoms with Crippen LogP contribution in [-0.4, -0.2) is 25.2 Å². The molecule has 0 heterocycles. The van der Waals surface area contributed by atoms with Crippen molar-refractivity contribution in [1.82, 2.24) is 5.32 Å². The lowest BCUT2D eigenvalue weighted by Crippen LogP contribution is -2.52. The van der Waals surface area contributed by atoms with Crippen LogP contribution >= 0.6 is 12.4 Å². The van der Waals surface area contributed by atoms with Crippen molar-refractivity contribution in [2.45, 2.75) is 31.9 Å². The smallest absolute Gasteiger partial charge is 0.244 e. The van der Waals surface area contributed by atoms with Gasteiger partial charge in [-0.1, -0.05) is 30.3 Å². The Morgan fingerprint density at radius 2 is 1.79 bits per heavy atom. The minimum atomic E-state index is -1.04. The van der Waals surface area contributed by atoms with Gasteiger partial charge in [0.15, 0.2) is 0 Å². The van der Waals surface area contributed by atoms with Gasteiger partial charge in [-0.3, -0.25) is 4.79 Å². The first-order valence-corrected chi connectivity index (χ1v) is 5.97. The van der Waals surface area contributed by atoms with E-state index in [0.29, 0.717) is 6.54 Å². The predicted octanol–water partition coefficient (Wildman–Crippen LogP) is 1.82. The number of halogens is 1. The van der Waals surface area contributed by atoms with E-state index in [4.69, 9.17) is 10.5 Å². The number of rotatable bonds is 5. The van der Waals surface area contributed by atoms with Gasteiger partial charge < -0.3 is 15.8 Å². The molecule has 19 heavy (non-hydrogen) atoms. The third-order valence-electron chi connectivity index (χ3n) is 3.07. The van der Waals surface area contributed by atoms with Gasteiger partial charge in [0.1, 0.15) is 5.54 Å². The maximum absolute atomic E-state index is 12.1. The number of hydrogen-bond acceptors (Lipinski definition) is 3. The Bertz CT molecular complexity index is 405. The molecule has 1 rings (SSSR count). The van der Waals surface area contributed by atoms with E-state index in [0.717, 1.165) is 5.56 Å². The number of ether oxygens (including phenoxy) is 1. The number of hydrogen-bond donors (Lipinski definition) is 2. The van der Waals surface area contributed by atoms with Crippen LogP contribution in [0, 0.1) is 0 Å². The summed E-state index contributed by atoms with van der Waals surface area (Å²) >= 11 is 0. The molecule has 1 amide bonds. The summed E-state index contributed by atoms with van der Waals surface area (Å²) in [5, 5.41) is 2.82. The zero-order valence-corrected chi connectivity index (χ0v) is 12.7. The molecule has 108 valence electrons. The average molecular weight is 287 g/mol. The molecular weight excluding hydrogens is 264 g/mol. The Morgan fingerprint density at radius 1 is 1.26 bits per heavy atom. The Labute approximate surface area is 121 Å². The summed E-state index contributed by atoms with van der Waals surface area (Å²) in [4.78, 5) is 12.1. The van der Waals surface area contributed by atoms with Gasteiger partial charge in [-0.15, -0.1) is 12.4 Å². The van der Waals surface area contributed by atoms with E-state index >= 15 is 0 Å². The average Bonchev–Trinajstić information content (AvgIpc) is 2.37. The molecule has 0 aliphatic carbocycles. The number of carbonyl (C=O) groups excluding carboxylic acids is 1. The van der Waals surface area contributed by atoms with Gasteiger partial charge >= 0.3 is 0 Å². The summed E-state index contributed by atoms with van der Waals surface area (Å²) < 4.78 is 5.25. The van der Waals surface area contributed by atoms with Gasteiger partial charge in [-0.05, 0) is 26.3 Å². The zero-order chi connectivity index (χ0) is 13.8. The molecule has 0 aliphatic rings. The van der Waals surface area contributed by atoms with Crippen LogP contribution in [0.1, 0.15) is 26.3 Å². The summed E-state index contributed by atoms with van der Waals surface area (Å²) in [5.74, 6) is -0.209. The van der Waals surface area contributed by atoms with Crippen LogP contribution in [0.15, 0.2) is 30.3 Å². The molecule has 1 unspecified atom stereocenters. The summed E-state index contributed by atoms with van der Waals surface area (Å²) in [6.45, 7) is 5.94. The largest absolute Gasteiger partial charge is 0.377 e. The van der Waals surface area contributed by atoms with E-state index in [1.54, 1.807) is 14.0 Å². The molecule has 0 aliphatic heterocycles. The second-order valence-corrected chi connectivity index (χ2v) is 5.21. The molecule has 0 fully saturated rings. The molecule has 4 nitrogen and oxygen atoms in total. The summed E-state index contributed by atoms with van der Waals surface area (Å²) in [6, 6.07) is 9.33. The SMILES string of the molecule is COC(C)(C)CNC(=O)C(C)(N)c1ccccc1.Cl. The molecule has 5 heteroatoms. The van der Waals surface area contributed by atoms with E-state index < -0.39 is 11.1 Å². The quantitative estimate of drug-likeness (QED) is 0.868. The predicted molar refractivity (Wildman–Crippen MR) is 79.3 cm³/mol. The standard InChI is InChI=1S/C14H22N2O2.ClH/c1-13(2,18-4)10-16-12(17)14(3,15)11-8-6-5-7-9-11;/h5-9H,10,15H2,1-4H3,(H,16,17);1H. The maximum atomic E-state index is 12.1. The third-order valence-corrected chi connectivity index (χ3v) is 3.07. The van der Waals surface area contributed by atoms with Crippen molar-refractivity contribution in [1.29, 1.82) is 0 Å². The Hall–Kier alpha value is -1.10. The molecule has 0 bridgehead atoms. The van der Waals surface area contributed by atoms with Crippen LogP contribution in [0.4, 0.5) is 0 Å². The van der Waals surface area contributed by atoms with Crippen molar-refractivity contribution in [3.05, 3.63) is 35.9 Å². The Morgan fingerprint density at radius 3 is 2.26 bits per heavy atom. The van der Waals surface area contributed by atoms with Crippen LogP contribution in [0.2, 0.25) is 0 Å². The first-order chi connectivity index (χ1) is 8.29. The first-order valence-electron chi connectivity index (χ1n) is 5.97. The van der Waals surface area contributed by atoms with Crippen molar-refractivity contribution in [3.63, 3.8) is 0 Å². The minimum absolute atomic E-state index is 0. The minimum Gasteiger partial charge on any atom is -0.377 e. The second kappa shape index (κ2) is 6.89. The van der Waals surface area contributed by atoms with Crippen molar-refractivity contribution in [2.24, 2.45) is 5.73 Å². The van der Waals surface area contributed by atoms with E-state index in [1.807, 2.05) is 44.2 Å². The third kappa shape index (κ3) is 4.82. The highest BCUT2D eigenvalue weighted by Crippen LogP contribution is 2.17.